The van der Waals surface area contributed by atoms with Crippen LogP contribution in [0.4, 0.5) is 4.39 Å². The molecule has 0 fully saturated rings. The number of ether oxygens (including phenoxy) is 1. The number of aromatic nitrogens is 2. The minimum atomic E-state index is -0.628. The van der Waals surface area contributed by atoms with Crippen LogP contribution in [0.1, 0.15) is 13.0 Å². The second kappa shape index (κ2) is 6.24. The number of hydrogen-bond donors (Lipinski definition) is 1. The van der Waals surface area contributed by atoms with Crippen LogP contribution in [0.15, 0.2) is 34.0 Å². The van der Waals surface area contributed by atoms with E-state index < -0.39 is 23.1 Å². The molecule has 0 radical (unpaired) electrons. The largest absolute Gasteiger partial charge is 0.383 e. The molecule has 1 atom stereocenters. The van der Waals surface area contributed by atoms with Crippen molar-refractivity contribution in [1.82, 2.24) is 9.55 Å². The van der Waals surface area contributed by atoms with Gasteiger partial charge in [-0.3, -0.25) is 9.36 Å². The summed E-state index contributed by atoms with van der Waals surface area (Å²) in [7, 11) is 1.48. The Bertz CT molecular complexity index is 770. The molecule has 2 aromatic rings. The molecular weight excluding hydrogens is 299 g/mol. The van der Waals surface area contributed by atoms with Crippen LogP contribution in [0.25, 0.3) is 11.1 Å². The van der Waals surface area contributed by atoms with Gasteiger partial charge in [-0.1, -0.05) is 23.7 Å². The van der Waals surface area contributed by atoms with Crippen LogP contribution in [-0.4, -0.2) is 23.3 Å². The first kappa shape index (κ1) is 15.5. The zero-order valence-electron chi connectivity index (χ0n) is 11.5. The fraction of sp³-hybridized carbons (Fsp3) is 0.286. The maximum Gasteiger partial charge on any atom is 0.328 e. The maximum absolute atomic E-state index is 13.5. The Kier molecular flexibility index (Phi) is 4.59. The Hall–Kier alpha value is -1.92. The number of nitrogens with one attached hydrogen (secondary N) is 1. The lowest BCUT2D eigenvalue weighted by Gasteiger charge is -2.14. The summed E-state index contributed by atoms with van der Waals surface area (Å²) in [6.07, 6.45) is 1.24. The summed E-state index contributed by atoms with van der Waals surface area (Å²) in [4.78, 5) is 26.8. The highest BCUT2D eigenvalue weighted by atomic mass is 35.5. The third-order valence-electron chi connectivity index (χ3n) is 3.10. The van der Waals surface area contributed by atoms with Crippen molar-refractivity contribution >= 4 is 11.6 Å². The Labute approximate surface area is 125 Å². The predicted octanol–water partition coefficient (Wildman–Crippen LogP) is 2.20. The molecule has 0 aliphatic carbocycles. The third-order valence-corrected chi connectivity index (χ3v) is 3.48. The van der Waals surface area contributed by atoms with E-state index in [0.717, 1.165) is 4.57 Å². The van der Waals surface area contributed by atoms with Crippen molar-refractivity contribution in [3.05, 3.63) is 56.1 Å². The lowest BCUT2D eigenvalue weighted by atomic mass is 10.1. The summed E-state index contributed by atoms with van der Waals surface area (Å²) >= 11 is 5.89. The molecule has 1 heterocycles. The van der Waals surface area contributed by atoms with Gasteiger partial charge in [-0.25, -0.2) is 9.18 Å². The Morgan fingerprint density at radius 1 is 1.38 bits per heavy atom. The molecule has 1 N–H and O–H groups in total. The molecule has 1 aromatic carbocycles. The van der Waals surface area contributed by atoms with Crippen molar-refractivity contribution in [1.29, 1.82) is 0 Å². The summed E-state index contributed by atoms with van der Waals surface area (Å²) in [6.45, 7) is 1.88. The highest BCUT2D eigenvalue weighted by Gasteiger charge is 2.17. The second-order valence-corrected chi connectivity index (χ2v) is 4.97. The first-order valence-corrected chi connectivity index (χ1v) is 6.62. The number of hydrogen-bond acceptors (Lipinski definition) is 3. The van der Waals surface area contributed by atoms with Gasteiger partial charge in [-0.15, -0.1) is 0 Å². The van der Waals surface area contributed by atoms with Crippen LogP contribution in [-0.2, 0) is 4.74 Å². The van der Waals surface area contributed by atoms with Gasteiger partial charge in [0.2, 0.25) is 0 Å². The third kappa shape index (κ3) is 2.91. The van der Waals surface area contributed by atoms with E-state index >= 15 is 0 Å². The minimum Gasteiger partial charge on any atom is -0.383 e. The van der Waals surface area contributed by atoms with Crippen molar-refractivity contribution in [3.8, 4) is 11.1 Å². The van der Waals surface area contributed by atoms with Gasteiger partial charge in [0, 0.05) is 18.9 Å². The van der Waals surface area contributed by atoms with Gasteiger partial charge in [0.15, 0.2) is 0 Å². The molecule has 0 saturated carbocycles. The second-order valence-electron chi connectivity index (χ2n) is 4.59. The van der Waals surface area contributed by atoms with Crippen molar-refractivity contribution in [2.75, 3.05) is 13.7 Å². The number of halogens is 2. The molecule has 0 saturated heterocycles. The van der Waals surface area contributed by atoms with E-state index in [1.165, 1.54) is 31.5 Å². The zero-order chi connectivity index (χ0) is 15.6. The van der Waals surface area contributed by atoms with Crippen LogP contribution in [0, 0.1) is 5.82 Å². The molecule has 0 aliphatic rings. The Balaban J connectivity index is 2.67. The lowest BCUT2D eigenvalue weighted by Crippen LogP contribution is -2.39. The van der Waals surface area contributed by atoms with Crippen LogP contribution < -0.4 is 11.2 Å². The summed E-state index contributed by atoms with van der Waals surface area (Å²) in [5.74, 6) is -0.628. The van der Waals surface area contributed by atoms with E-state index in [9.17, 15) is 14.0 Å². The van der Waals surface area contributed by atoms with Crippen molar-refractivity contribution in [2.24, 2.45) is 0 Å². The van der Waals surface area contributed by atoms with Crippen LogP contribution >= 0.6 is 11.6 Å². The fourth-order valence-electron chi connectivity index (χ4n) is 2.11. The van der Waals surface area contributed by atoms with Crippen molar-refractivity contribution in [2.45, 2.75) is 13.0 Å². The molecule has 0 aliphatic heterocycles. The lowest BCUT2D eigenvalue weighted by molar-refractivity contribution is 0.159. The van der Waals surface area contributed by atoms with Crippen LogP contribution in [0.2, 0.25) is 5.02 Å². The molecule has 1 aromatic heterocycles. The SMILES string of the molecule is COC[C@@H](C)n1c(=O)[nH]cc(-c2cccc(F)c2Cl)c1=O. The number of H-pyrrole nitrogens is 1. The highest BCUT2D eigenvalue weighted by molar-refractivity contribution is 6.33. The van der Waals surface area contributed by atoms with E-state index in [1.807, 2.05) is 0 Å². The Morgan fingerprint density at radius 2 is 2.10 bits per heavy atom. The van der Waals surface area contributed by atoms with Gasteiger partial charge in [0.1, 0.15) is 5.82 Å². The van der Waals surface area contributed by atoms with Crippen molar-refractivity contribution in [3.63, 3.8) is 0 Å². The number of aromatic amines is 1. The summed E-state index contributed by atoms with van der Waals surface area (Å²) in [5, 5.41) is -0.160. The maximum atomic E-state index is 13.5. The molecule has 0 bridgehead atoms. The zero-order valence-corrected chi connectivity index (χ0v) is 12.3. The first-order chi connectivity index (χ1) is 9.97. The van der Waals surface area contributed by atoms with Gasteiger partial charge < -0.3 is 9.72 Å². The predicted molar refractivity (Wildman–Crippen MR) is 78.3 cm³/mol. The van der Waals surface area contributed by atoms with Gasteiger partial charge in [0.05, 0.1) is 23.2 Å². The van der Waals surface area contributed by atoms with Crippen LogP contribution in [0.5, 0.6) is 0 Å². The summed E-state index contributed by atoms with van der Waals surface area (Å²) < 4.78 is 19.5. The van der Waals surface area contributed by atoms with E-state index in [2.05, 4.69) is 4.98 Å². The molecule has 0 unspecified atom stereocenters. The van der Waals surface area contributed by atoms with Gasteiger partial charge in [-0.2, -0.15) is 0 Å². The molecule has 21 heavy (non-hydrogen) atoms. The molecule has 5 nitrogen and oxygen atoms in total. The monoisotopic (exact) mass is 312 g/mol. The van der Waals surface area contributed by atoms with E-state index in [4.69, 9.17) is 16.3 Å². The van der Waals surface area contributed by atoms with Gasteiger partial charge >= 0.3 is 5.69 Å². The average molecular weight is 313 g/mol. The summed E-state index contributed by atoms with van der Waals surface area (Å²) in [5.41, 5.74) is -0.741. The molecule has 7 heteroatoms. The molecule has 112 valence electrons. The quantitative estimate of drug-likeness (QED) is 0.941. The minimum absolute atomic E-state index is 0.127. The van der Waals surface area contributed by atoms with Crippen molar-refractivity contribution < 1.29 is 9.13 Å². The highest BCUT2D eigenvalue weighted by Crippen LogP contribution is 2.27. The van der Waals surface area contributed by atoms with Crippen LogP contribution in [0.3, 0.4) is 0 Å². The number of benzene rings is 1. The molecular formula is C14H14ClFN2O3. The van der Waals surface area contributed by atoms with E-state index in [1.54, 1.807) is 6.92 Å². The normalized spacial score (nSPS) is 12.4. The average Bonchev–Trinajstić information content (AvgIpc) is 2.43. The summed E-state index contributed by atoms with van der Waals surface area (Å²) in [6, 6.07) is 3.71. The molecule has 0 spiro atoms. The Morgan fingerprint density at radius 3 is 2.76 bits per heavy atom. The number of methoxy groups -OCH3 is 1. The number of nitrogens with zero attached hydrogens (tertiary/aromatic N) is 1. The first-order valence-electron chi connectivity index (χ1n) is 6.25. The molecule has 0 amide bonds. The van der Waals surface area contributed by atoms with Gasteiger partial charge in [-0.05, 0) is 13.0 Å². The standard InChI is InChI=1S/C14H14ClFN2O3/c1-8(7-21-2)18-13(19)10(6-17-14(18)20)9-4-3-5-11(16)12(9)15/h3-6,8H,7H2,1-2H3,(H,17,20)/t8-/m1/s1. The van der Waals surface area contributed by atoms with E-state index in [-0.39, 0.29) is 22.8 Å². The van der Waals surface area contributed by atoms with Gasteiger partial charge in [0.25, 0.3) is 5.56 Å². The smallest absolute Gasteiger partial charge is 0.328 e. The number of rotatable bonds is 4. The topological polar surface area (TPSA) is 64.1 Å². The molecule has 2 rings (SSSR count). The fourth-order valence-corrected chi connectivity index (χ4v) is 2.34. The van der Waals surface area contributed by atoms with E-state index in [0.29, 0.717) is 0 Å².